The molecule has 11 aromatic carbocycles. The largest absolute Gasteiger partial charge is 0.455 e. The number of para-hydroxylation sites is 5. The van der Waals surface area contributed by atoms with Crippen LogP contribution in [0.5, 0.6) is 0 Å². The van der Waals surface area contributed by atoms with E-state index >= 15 is 0 Å². The third-order valence-corrected chi connectivity index (χ3v) is 13.2. The fourth-order valence-corrected chi connectivity index (χ4v) is 10.1. The predicted octanol–water partition coefficient (Wildman–Crippen LogP) is 17.5. The highest BCUT2D eigenvalue weighted by Gasteiger charge is 2.19. The van der Waals surface area contributed by atoms with Crippen LogP contribution >= 0.6 is 0 Å². The number of rotatable bonds is 7. The molecule has 3 heteroatoms. The second kappa shape index (κ2) is 15.0. The summed E-state index contributed by atoms with van der Waals surface area (Å²) in [4.78, 5) is 2.38. The molecule has 0 aliphatic heterocycles. The van der Waals surface area contributed by atoms with Gasteiger partial charge in [-0.05, 0) is 111 Å². The topological polar surface area (TPSA) is 21.3 Å². The first kappa shape index (κ1) is 36.9. The smallest absolute Gasteiger partial charge is 0.143 e. The average Bonchev–Trinajstić information content (AvgIpc) is 3.93. The van der Waals surface area contributed by atoms with E-state index in [1.165, 1.54) is 54.5 Å². The van der Waals surface area contributed by atoms with E-state index in [1.54, 1.807) is 0 Å². The van der Waals surface area contributed by atoms with Crippen molar-refractivity contribution in [1.82, 2.24) is 4.57 Å². The summed E-state index contributed by atoms with van der Waals surface area (Å²) >= 11 is 0. The molecule has 0 saturated carbocycles. The average molecular weight is 829 g/mol. The van der Waals surface area contributed by atoms with Gasteiger partial charge in [0.2, 0.25) is 0 Å². The van der Waals surface area contributed by atoms with Gasteiger partial charge in [-0.3, -0.25) is 0 Å². The molecule has 2 heterocycles. The van der Waals surface area contributed by atoms with E-state index < -0.39 is 0 Å². The fraction of sp³-hybridized carbons (Fsp3) is 0. The Morgan fingerprint density at radius 3 is 1.68 bits per heavy atom. The van der Waals surface area contributed by atoms with E-state index in [4.69, 9.17) is 4.42 Å². The summed E-state index contributed by atoms with van der Waals surface area (Å²) in [6.45, 7) is 0. The Balaban J connectivity index is 0.924. The van der Waals surface area contributed by atoms with Gasteiger partial charge in [-0.15, -0.1) is 0 Å². The van der Waals surface area contributed by atoms with E-state index in [2.05, 4.69) is 240 Å². The Morgan fingerprint density at radius 1 is 0.308 bits per heavy atom. The van der Waals surface area contributed by atoms with Gasteiger partial charge in [0.25, 0.3) is 0 Å². The van der Waals surface area contributed by atoms with Gasteiger partial charge in [0.15, 0.2) is 0 Å². The molecule has 0 saturated heterocycles. The van der Waals surface area contributed by atoms with Crippen molar-refractivity contribution in [1.29, 1.82) is 0 Å². The molecule has 304 valence electrons. The van der Waals surface area contributed by atoms with Crippen molar-refractivity contribution in [3.05, 3.63) is 243 Å². The highest BCUT2D eigenvalue weighted by molar-refractivity contribution is 6.12. The Kier molecular flexibility index (Phi) is 8.53. The molecular weight excluding hydrogens is 789 g/mol. The lowest BCUT2D eigenvalue weighted by Gasteiger charge is -2.27. The molecule has 0 bridgehead atoms. The van der Waals surface area contributed by atoms with E-state index in [1.807, 2.05) is 12.1 Å². The number of aromatic nitrogens is 1. The molecule has 0 aliphatic carbocycles. The molecule has 65 heavy (non-hydrogen) atoms. The van der Waals surface area contributed by atoms with Gasteiger partial charge in [-0.2, -0.15) is 0 Å². The predicted molar refractivity (Wildman–Crippen MR) is 274 cm³/mol. The van der Waals surface area contributed by atoms with Crippen molar-refractivity contribution in [2.45, 2.75) is 0 Å². The lowest BCUT2D eigenvalue weighted by atomic mass is 9.97. The highest BCUT2D eigenvalue weighted by atomic mass is 16.3. The Hall–Kier alpha value is -8.66. The summed E-state index contributed by atoms with van der Waals surface area (Å²) in [6.07, 6.45) is 0. The summed E-state index contributed by atoms with van der Waals surface area (Å²) < 4.78 is 8.95. The van der Waals surface area contributed by atoms with Crippen molar-refractivity contribution < 1.29 is 4.42 Å². The van der Waals surface area contributed by atoms with Crippen LogP contribution in [0.2, 0.25) is 0 Å². The molecule has 0 fully saturated rings. The number of benzene rings is 11. The Bertz CT molecular complexity index is 3910. The first-order valence-electron chi connectivity index (χ1n) is 22.2. The molecule has 0 unspecified atom stereocenters. The monoisotopic (exact) mass is 828 g/mol. The van der Waals surface area contributed by atoms with E-state index in [0.29, 0.717) is 0 Å². The van der Waals surface area contributed by atoms with Gasteiger partial charge in [0, 0.05) is 49.7 Å². The number of hydrogen-bond donors (Lipinski definition) is 0. The molecule has 0 atom stereocenters. The van der Waals surface area contributed by atoms with Crippen LogP contribution in [0.4, 0.5) is 17.1 Å². The number of nitrogens with zero attached hydrogens (tertiary/aromatic N) is 2. The second-order valence-electron chi connectivity index (χ2n) is 16.9. The SMILES string of the molecule is c1cc(-c2ccc(N(c3cccc(-c4cccc5c4oc4ccccc45)c3)c3ccc4ccc5ccccc5c4c3)cc2)cc(-c2ccccc2-n2c3ccccc3c3ccccc32)c1. The van der Waals surface area contributed by atoms with Gasteiger partial charge in [0.05, 0.1) is 16.7 Å². The van der Waals surface area contributed by atoms with Crippen LogP contribution in [0, 0.1) is 0 Å². The maximum Gasteiger partial charge on any atom is 0.143 e. The Labute approximate surface area is 376 Å². The molecule has 13 aromatic rings. The number of hydrogen-bond acceptors (Lipinski definition) is 2. The lowest BCUT2D eigenvalue weighted by molar-refractivity contribution is 0.670. The van der Waals surface area contributed by atoms with Crippen molar-refractivity contribution in [3.63, 3.8) is 0 Å². The molecule has 0 amide bonds. The van der Waals surface area contributed by atoms with Crippen LogP contribution < -0.4 is 4.90 Å². The van der Waals surface area contributed by atoms with Gasteiger partial charge in [0.1, 0.15) is 11.2 Å². The standard InChI is InChI=1S/C62H40N2O/c1-2-19-50-42(14-1)30-31-43-34-37-49(40-57(43)50)63(48-18-12-17-46(39-48)52-24-13-25-56-55-23-6-10-29-61(55)65-62(52)56)47-35-32-41(33-36-47)44-15-11-16-45(38-44)51-20-3-7-26-58(51)64-59-27-8-4-21-53(59)54-22-5-9-28-60(54)64/h1-40H. The number of furan rings is 1. The fourth-order valence-electron chi connectivity index (χ4n) is 10.1. The molecule has 3 nitrogen and oxygen atoms in total. The zero-order chi connectivity index (χ0) is 42.8. The normalized spacial score (nSPS) is 11.7. The molecule has 2 aromatic heterocycles. The van der Waals surface area contributed by atoms with Crippen molar-refractivity contribution in [3.8, 4) is 39.1 Å². The third-order valence-electron chi connectivity index (χ3n) is 13.2. The zero-order valence-corrected chi connectivity index (χ0v) is 35.4. The van der Waals surface area contributed by atoms with Crippen LogP contribution in [0.25, 0.3) is 104 Å². The van der Waals surface area contributed by atoms with Gasteiger partial charge in [-0.25, -0.2) is 0 Å². The summed E-state index contributed by atoms with van der Waals surface area (Å²) in [5.41, 5.74) is 15.4. The van der Waals surface area contributed by atoms with Crippen LogP contribution in [-0.2, 0) is 0 Å². The summed E-state index contributed by atoms with van der Waals surface area (Å²) in [5.74, 6) is 0. The molecular formula is C62H40N2O. The minimum absolute atomic E-state index is 0.897. The van der Waals surface area contributed by atoms with Gasteiger partial charge in [-0.1, -0.05) is 176 Å². The molecule has 13 rings (SSSR count). The first-order chi connectivity index (χ1) is 32.2. The zero-order valence-electron chi connectivity index (χ0n) is 35.4. The molecule has 0 N–H and O–H groups in total. The quantitative estimate of drug-likeness (QED) is 0.149. The summed E-state index contributed by atoms with van der Waals surface area (Å²) in [6, 6.07) is 87.7. The maximum atomic E-state index is 6.53. The number of anilines is 3. The first-order valence-corrected chi connectivity index (χ1v) is 22.2. The van der Waals surface area contributed by atoms with Gasteiger partial charge < -0.3 is 13.9 Å². The lowest BCUT2D eigenvalue weighted by Crippen LogP contribution is -2.10. The third kappa shape index (κ3) is 6.12. The van der Waals surface area contributed by atoms with Crippen LogP contribution in [-0.4, -0.2) is 4.57 Å². The van der Waals surface area contributed by atoms with Gasteiger partial charge >= 0.3 is 0 Å². The van der Waals surface area contributed by atoms with Crippen LogP contribution in [0.3, 0.4) is 0 Å². The summed E-state index contributed by atoms with van der Waals surface area (Å²) in [5, 5.41) is 9.68. The van der Waals surface area contributed by atoms with Crippen molar-refractivity contribution >= 4 is 82.4 Å². The van der Waals surface area contributed by atoms with Crippen LogP contribution in [0.15, 0.2) is 247 Å². The summed E-state index contributed by atoms with van der Waals surface area (Å²) in [7, 11) is 0. The minimum Gasteiger partial charge on any atom is -0.455 e. The van der Waals surface area contributed by atoms with Crippen molar-refractivity contribution in [2.75, 3.05) is 4.90 Å². The molecule has 0 aliphatic rings. The molecule has 0 radical (unpaired) electrons. The number of fused-ring (bicyclic) bond motifs is 9. The minimum atomic E-state index is 0.897. The maximum absolute atomic E-state index is 6.53. The Morgan fingerprint density at radius 2 is 0.862 bits per heavy atom. The molecule has 0 spiro atoms. The second-order valence-corrected chi connectivity index (χ2v) is 16.9. The van der Waals surface area contributed by atoms with Crippen LogP contribution in [0.1, 0.15) is 0 Å². The van der Waals surface area contributed by atoms with E-state index in [9.17, 15) is 0 Å². The van der Waals surface area contributed by atoms with E-state index in [0.717, 1.165) is 66.9 Å². The van der Waals surface area contributed by atoms with E-state index in [-0.39, 0.29) is 0 Å². The van der Waals surface area contributed by atoms with Crippen molar-refractivity contribution in [2.24, 2.45) is 0 Å². The highest BCUT2D eigenvalue weighted by Crippen LogP contribution is 2.43.